The molecular weight excluding hydrogens is 328 g/mol. The van der Waals surface area contributed by atoms with E-state index in [0.717, 1.165) is 12.3 Å². The van der Waals surface area contributed by atoms with Crippen molar-refractivity contribution in [2.24, 2.45) is 7.05 Å². The molecule has 2 aromatic rings. The van der Waals surface area contributed by atoms with Crippen LogP contribution in [0.15, 0.2) is 35.5 Å². The minimum atomic E-state index is -3.96. The molecule has 6 nitrogen and oxygen atoms in total. The fraction of sp³-hybridized carbons (Fsp3) is 0.182. The lowest BCUT2D eigenvalue weighted by Gasteiger charge is -2.12. The summed E-state index contributed by atoms with van der Waals surface area (Å²) in [6.07, 6.45) is 2.40. The van der Waals surface area contributed by atoms with Crippen LogP contribution in [0.5, 0.6) is 5.75 Å². The lowest BCUT2D eigenvalue weighted by molar-refractivity contribution is -0.0493. The van der Waals surface area contributed by atoms with E-state index in [0.29, 0.717) is 0 Å². The summed E-state index contributed by atoms with van der Waals surface area (Å²) in [7, 11) is -2.42. The van der Waals surface area contributed by atoms with Crippen molar-refractivity contribution < 1.29 is 21.9 Å². The van der Waals surface area contributed by atoms with Gasteiger partial charge in [0, 0.05) is 24.3 Å². The Morgan fingerprint density at radius 2 is 2.14 bits per heavy atom. The summed E-state index contributed by atoms with van der Waals surface area (Å²) in [5, 5.41) is 3.87. The standard InChI is InChI=1S/C11H10ClF2N3O3S/c1-17-6-8(5-15-17)21(18,19)16-9-3-2-7(12)4-10(9)20-11(13)14/h2-6,11,16H,1H3. The number of aromatic nitrogens is 2. The Hall–Kier alpha value is -1.87. The van der Waals surface area contributed by atoms with Gasteiger partial charge in [0.15, 0.2) is 5.75 Å². The third kappa shape index (κ3) is 3.82. The Morgan fingerprint density at radius 1 is 1.43 bits per heavy atom. The fourth-order valence-corrected chi connectivity index (χ4v) is 2.73. The van der Waals surface area contributed by atoms with E-state index in [2.05, 4.69) is 14.6 Å². The highest BCUT2D eigenvalue weighted by Crippen LogP contribution is 2.31. The Labute approximate surface area is 124 Å². The van der Waals surface area contributed by atoms with E-state index in [4.69, 9.17) is 11.6 Å². The van der Waals surface area contributed by atoms with Crippen LogP contribution in [0.4, 0.5) is 14.5 Å². The number of anilines is 1. The molecule has 0 radical (unpaired) electrons. The average Bonchev–Trinajstić information content (AvgIpc) is 2.79. The Bertz CT molecular complexity index is 749. The van der Waals surface area contributed by atoms with E-state index in [1.54, 1.807) is 7.05 Å². The highest BCUT2D eigenvalue weighted by molar-refractivity contribution is 7.92. The molecule has 0 aliphatic heterocycles. The molecular formula is C11H10ClF2N3O3S. The molecule has 0 saturated heterocycles. The Kier molecular flexibility index (Phi) is 4.33. The molecule has 1 aromatic heterocycles. The molecule has 0 atom stereocenters. The number of nitrogens with zero attached hydrogens (tertiary/aromatic N) is 2. The summed E-state index contributed by atoms with van der Waals surface area (Å²) in [6, 6.07) is 3.67. The molecule has 2 rings (SSSR count). The lowest BCUT2D eigenvalue weighted by Crippen LogP contribution is -2.14. The number of aryl methyl sites for hydroxylation is 1. The minimum absolute atomic E-state index is 0.108. The SMILES string of the molecule is Cn1cc(S(=O)(=O)Nc2ccc(Cl)cc2OC(F)F)cn1. The fourth-order valence-electron chi connectivity index (χ4n) is 1.52. The molecule has 0 aliphatic carbocycles. The second-order valence-electron chi connectivity index (χ2n) is 3.97. The largest absolute Gasteiger partial charge is 0.433 e. The first-order chi connectivity index (χ1) is 9.78. The molecule has 1 aromatic carbocycles. The van der Waals surface area contributed by atoms with Gasteiger partial charge in [-0.1, -0.05) is 11.6 Å². The molecule has 114 valence electrons. The van der Waals surface area contributed by atoms with Crippen molar-refractivity contribution in [3.8, 4) is 5.75 Å². The summed E-state index contributed by atoms with van der Waals surface area (Å²) in [4.78, 5) is -0.108. The maximum Gasteiger partial charge on any atom is 0.387 e. The normalized spacial score (nSPS) is 11.7. The van der Waals surface area contributed by atoms with Crippen LogP contribution in [0, 0.1) is 0 Å². The number of hydrogen-bond acceptors (Lipinski definition) is 4. The third-order valence-electron chi connectivity index (χ3n) is 2.40. The van der Waals surface area contributed by atoms with Crippen LogP contribution < -0.4 is 9.46 Å². The van der Waals surface area contributed by atoms with Gasteiger partial charge in [0.25, 0.3) is 10.0 Å². The summed E-state index contributed by atoms with van der Waals surface area (Å²) in [5.41, 5.74) is -0.149. The van der Waals surface area contributed by atoms with Crippen molar-refractivity contribution in [3.05, 3.63) is 35.6 Å². The van der Waals surface area contributed by atoms with Gasteiger partial charge < -0.3 is 4.74 Å². The zero-order valence-electron chi connectivity index (χ0n) is 10.6. The number of alkyl halides is 2. The lowest BCUT2D eigenvalue weighted by atomic mass is 10.3. The van der Waals surface area contributed by atoms with Crippen molar-refractivity contribution in [2.75, 3.05) is 4.72 Å². The van der Waals surface area contributed by atoms with Crippen molar-refractivity contribution in [3.63, 3.8) is 0 Å². The molecule has 0 spiro atoms. The average molecular weight is 338 g/mol. The molecule has 1 heterocycles. The molecule has 0 aliphatic rings. The van der Waals surface area contributed by atoms with Crippen LogP contribution in [0.3, 0.4) is 0 Å². The number of hydrogen-bond donors (Lipinski definition) is 1. The number of ether oxygens (including phenoxy) is 1. The predicted octanol–water partition coefficient (Wildman–Crippen LogP) is 2.48. The van der Waals surface area contributed by atoms with Crippen LogP contribution in [0.2, 0.25) is 5.02 Å². The summed E-state index contributed by atoms with van der Waals surface area (Å²) in [5.74, 6) is -0.370. The van der Waals surface area contributed by atoms with Crippen LogP contribution >= 0.6 is 11.6 Å². The van der Waals surface area contributed by atoms with Gasteiger partial charge in [0.05, 0.1) is 11.9 Å². The molecule has 0 fully saturated rings. The number of rotatable bonds is 5. The van der Waals surface area contributed by atoms with Crippen LogP contribution in [-0.4, -0.2) is 24.8 Å². The zero-order chi connectivity index (χ0) is 15.6. The zero-order valence-corrected chi connectivity index (χ0v) is 12.2. The van der Waals surface area contributed by atoms with Gasteiger partial charge >= 0.3 is 6.61 Å². The summed E-state index contributed by atoms with van der Waals surface area (Å²) >= 11 is 5.68. The maximum absolute atomic E-state index is 12.3. The molecule has 0 amide bonds. The van der Waals surface area contributed by atoms with Gasteiger partial charge in [0.1, 0.15) is 4.90 Å². The first-order valence-electron chi connectivity index (χ1n) is 5.54. The van der Waals surface area contributed by atoms with Crippen LogP contribution in [-0.2, 0) is 17.1 Å². The van der Waals surface area contributed by atoms with Crippen molar-refractivity contribution in [1.82, 2.24) is 9.78 Å². The topological polar surface area (TPSA) is 73.2 Å². The summed E-state index contributed by atoms with van der Waals surface area (Å²) in [6.45, 7) is -3.11. The maximum atomic E-state index is 12.3. The molecule has 0 unspecified atom stereocenters. The van der Waals surface area contributed by atoms with Gasteiger partial charge in [-0.2, -0.15) is 13.9 Å². The first-order valence-corrected chi connectivity index (χ1v) is 7.40. The van der Waals surface area contributed by atoms with Crippen molar-refractivity contribution in [2.45, 2.75) is 11.5 Å². The number of halogens is 3. The van der Waals surface area contributed by atoms with E-state index in [1.165, 1.54) is 23.0 Å². The van der Waals surface area contributed by atoms with E-state index >= 15 is 0 Å². The number of nitrogens with one attached hydrogen (secondary N) is 1. The van der Waals surface area contributed by atoms with Gasteiger partial charge in [-0.25, -0.2) is 8.42 Å². The van der Waals surface area contributed by atoms with Crippen LogP contribution in [0.25, 0.3) is 0 Å². The minimum Gasteiger partial charge on any atom is -0.433 e. The van der Waals surface area contributed by atoms with E-state index in [-0.39, 0.29) is 21.4 Å². The number of benzene rings is 1. The molecule has 10 heteroatoms. The smallest absolute Gasteiger partial charge is 0.387 e. The van der Waals surface area contributed by atoms with Gasteiger partial charge in [0.2, 0.25) is 0 Å². The predicted molar refractivity (Wildman–Crippen MR) is 72.1 cm³/mol. The van der Waals surface area contributed by atoms with Gasteiger partial charge in [-0.3, -0.25) is 9.40 Å². The van der Waals surface area contributed by atoms with E-state index in [1.807, 2.05) is 0 Å². The Balaban J connectivity index is 2.34. The van der Waals surface area contributed by atoms with Gasteiger partial charge in [-0.05, 0) is 12.1 Å². The van der Waals surface area contributed by atoms with Gasteiger partial charge in [-0.15, -0.1) is 0 Å². The Morgan fingerprint density at radius 3 is 2.71 bits per heavy atom. The molecule has 1 N–H and O–H groups in total. The number of sulfonamides is 1. The van der Waals surface area contributed by atoms with Crippen molar-refractivity contribution >= 4 is 27.3 Å². The monoisotopic (exact) mass is 337 g/mol. The third-order valence-corrected chi connectivity index (χ3v) is 3.95. The van der Waals surface area contributed by atoms with Crippen LogP contribution in [0.1, 0.15) is 0 Å². The summed E-state index contributed by atoms with van der Waals surface area (Å²) < 4.78 is 56.6. The highest BCUT2D eigenvalue weighted by atomic mass is 35.5. The van der Waals surface area contributed by atoms with E-state index in [9.17, 15) is 17.2 Å². The second kappa shape index (κ2) is 5.86. The van der Waals surface area contributed by atoms with Crippen molar-refractivity contribution in [1.29, 1.82) is 0 Å². The molecule has 0 bridgehead atoms. The molecule has 0 saturated carbocycles. The quantitative estimate of drug-likeness (QED) is 0.909. The highest BCUT2D eigenvalue weighted by Gasteiger charge is 2.19. The second-order valence-corrected chi connectivity index (χ2v) is 6.09. The molecule has 21 heavy (non-hydrogen) atoms. The first kappa shape index (κ1) is 15.5. The van der Waals surface area contributed by atoms with E-state index < -0.39 is 16.6 Å².